The Labute approximate surface area is 120 Å². The highest BCUT2D eigenvalue weighted by atomic mass is 15.2. The smallest absolute Gasteiger partial charge is 0.0249 e. The quantitative estimate of drug-likeness (QED) is 0.775. The lowest BCUT2D eigenvalue weighted by Crippen LogP contribution is -2.51. The maximum atomic E-state index is 3.77. The second kappa shape index (κ2) is 8.26. The van der Waals surface area contributed by atoms with Crippen LogP contribution in [0.4, 0.5) is 0 Å². The van der Waals surface area contributed by atoms with Gasteiger partial charge in [-0.25, -0.2) is 0 Å². The van der Waals surface area contributed by atoms with Gasteiger partial charge in [-0.05, 0) is 39.3 Å². The molecule has 0 radical (unpaired) electrons. The van der Waals surface area contributed by atoms with Gasteiger partial charge in [0.2, 0.25) is 0 Å². The summed E-state index contributed by atoms with van der Waals surface area (Å²) >= 11 is 0. The van der Waals surface area contributed by atoms with Gasteiger partial charge in [0, 0.05) is 18.1 Å². The molecule has 0 heterocycles. The molecular formula is C17H34N2. The summed E-state index contributed by atoms with van der Waals surface area (Å²) in [6.45, 7) is 3.38. The third kappa shape index (κ3) is 4.46. The topological polar surface area (TPSA) is 15.3 Å². The summed E-state index contributed by atoms with van der Waals surface area (Å²) in [5.74, 6) is 0. The maximum absolute atomic E-state index is 3.77. The second-order valence-electron chi connectivity index (χ2n) is 6.68. The van der Waals surface area contributed by atoms with Gasteiger partial charge in [0.1, 0.15) is 0 Å². The van der Waals surface area contributed by atoms with Crippen molar-refractivity contribution in [1.29, 1.82) is 0 Å². The summed E-state index contributed by atoms with van der Waals surface area (Å²) in [5.41, 5.74) is 0. The molecule has 1 N–H and O–H groups in total. The molecule has 0 spiro atoms. The third-order valence-electron chi connectivity index (χ3n) is 5.37. The fourth-order valence-corrected chi connectivity index (χ4v) is 4.21. The molecular weight excluding hydrogens is 232 g/mol. The number of hydrogen-bond donors (Lipinski definition) is 1. The SMILES string of the molecule is CCNC1CCCCCC1N(C)C1CCCCCC1. The molecule has 2 nitrogen and oxygen atoms in total. The molecule has 2 aliphatic carbocycles. The van der Waals surface area contributed by atoms with Crippen LogP contribution in [0.25, 0.3) is 0 Å². The number of hydrogen-bond acceptors (Lipinski definition) is 2. The second-order valence-corrected chi connectivity index (χ2v) is 6.68. The summed E-state index contributed by atoms with van der Waals surface area (Å²) in [7, 11) is 2.41. The van der Waals surface area contributed by atoms with E-state index < -0.39 is 0 Å². The minimum Gasteiger partial charge on any atom is -0.313 e. The van der Waals surface area contributed by atoms with Crippen LogP contribution in [0.3, 0.4) is 0 Å². The van der Waals surface area contributed by atoms with E-state index in [-0.39, 0.29) is 0 Å². The van der Waals surface area contributed by atoms with Crippen molar-refractivity contribution in [2.45, 2.75) is 95.7 Å². The molecule has 0 amide bonds. The van der Waals surface area contributed by atoms with Crippen molar-refractivity contribution in [1.82, 2.24) is 10.2 Å². The number of likely N-dealkylation sites (N-methyl/N-ethyl adjacent to an activating group) is 2. The zero-order chi connectivity index (χ0) is 13.5. The van der Waals surface area contributed by atoms with Gasteiger partial charge in [-0.15, -0.1) is 0 Å². The Kier molecular flexibility index (Phi) is 6.66. The molecule has 0 bridgehead atoms. The van der Waals surface area contributed by atoms with E-state index in [4.69, 9.17) is 0 Å². The fraction of sp³-hybridized carbons (Fsp3) is 1.00. The summed E-state index contributed by atoms with van der Waals surface area (Å²) in [5, 5.41) is 3.77. The lowest BCUT2D eigenvalue weighted by atomic mass is 9.97. The largest absolute Gasteiger partial charge is 0.313 e. The van der Waals surface area contributed by atoms with Crippen LogP contribution in [-0.2, 0) is 0 Å². The molecule has 2 aliphatic rings. The van der Waals surface area contributed by atoms with E-state index in [0.717, 1.165) is 24.7 Å². The molecule has 2 fully saturated rings. The summed E-state index contributed by atoms with van der Waals surface area (Å²) in [6.07, 6.45) is 15.8. The molecule has 2 saturated carbocycles. The van der Waals surface area contributed by atoms with Crippen molar-refractivity contribution in [3.63, 3.8) is 0 Å². The van der Waals surface area contributed by atoms with Gasteiger partial charge >= 0.3 is 0 Å². The first kappa shape index (κ1) is 15.3. The van der Waals surface area contributed by atoms with Crippen molar-refractivity contribution in [3.05, 3.63) is 0 Å². The zero-order valence-electron chi connectivity index (χ0n) is 13.2. The van der Waals surface area contributed by atoms with E-state index in [9.17, 15) is 0 Å². The minimum absolute atomic E-state index is 0.737. The summed E-state index contributed by atoms with van der Waals surface area (Å²) < 4.78 is 0. The Morgan fingerprint density at radius 2 is 1.42 bits per heavy atom. The summed E-state index contributed by atoms with van der Waals surface area (Å²) in [4.78, 5) is 2.77. The number of rotatable bonds is 4. The van der Waals surface area contributed by atoms with Crippen LogP contribution < -0.4 is 5.32 Å². The van der Waals surface area contributed by atoms with Gasteiger partial charge in [-0.1, -0.05) is 51.9 Å². The first-order chi connectivity index (χ1) is 9.33. The van der Waals surface area contributed by atoms with Gasteiger partial charge in [0.15, 0.2) is 0 Å². The van der Waals surface area contributed by atoms with Gasteiger partial charge in [0.25, 0.3) is 0 Å². The highest BCUT2D eigenvalue weighted by Crippen LogP contribution is 2.28. The third-order valence-corrected chi connectivity index (χ3v) is 5.37. The molecule has 2 rings (SSSR count). The first-order valence-corrected chi connectivity index (χ1v) is 8.78. The van der Waals surface area contributed by atoms with E-state index in [0.29, 0.717) is 0 Å². The highest BCUT2D eigenvalue weighted by Gasteiger charge is 2.30. The van der Waals surface area contributed by atoms with Crippen LogP contribution in [0, 0.1) is 0 Å². The molecule has 2 atom stereocenters. The Bertz CT molecular complexity index is 233. The monoisotopic (exact) mass is 266 g/mol. The lowest BCUT2D eigenvalue weighted by Gasteiger charge is -2.39. The normalized spacial score (nSPS) is 31.1. The van der Waals surface area contributed by atoms with Crippen LogP contribution in [0.15, 0.2) is 0 Å². The Balaban J connectivity index is 1.97. The van der Waals surface area contributed by atoms with Crippen LogP contribution in [0.1, 0.15) is 77.6 Å². The summed E-state index contributed by atoms with van der Waals surface area (Å²) in [6, 6.07) is 2.37. The molecule has 2 unspecified atom stereocenters. The maximum Gasteiger partial charge on any atom is 0.0249 e. The number of nitrogens with one attached hydrogen (secondary N) is 1. The average Bonchev–Trinajstić information content (AvgIpc) is 2.81. The Morgan fingerprint density at radius 3 is 2.11 bits per heavy atom. The Hall–Kier alpha value is -0.0800. The van der Waals surface area contributed by atoms with Crippen molar-refractivity contribution in [2.24, 2.45) is 0 Å². The molecule has 0 aromatic heterocycles. The molecule has 2 heteroatoms. The lowest BCUT2D eigenvalue weighted by molar-refractivity contribution is 0.119. The van der Waals surface area contributed by atoms with Gasteiger partial charge in [-0.2, -0.15) is 0 Å². The van der Waals surface area contributed by atoms with E-state index in [2.05, 4.69) is 24.2 Å². The van der Waals surface area contributed by atoms with Gasteiger partial charge < -0.3 is 5.32 Å². The van der Waals surface area contributed by atoms with E-state index in [1.807, 2.05) is 0 Å². The number of nitrogens with zero attached hydrogens (tertiary/aromatic N) is 1. The van der Waals surface area contributed by atoms with E-state index >= 15 is 0 Å². The van der Waals surface area contributed by atoms with Gasteiger partial charge in [0.05, 0.1) is 0 Å². The standard InChI is InChI=1S/C17H34N2/c1-3-18-16-13-9-6-10-14-17(16)19(2)15-11-7-4-5-8-12-15/h15-18H,3-14H2,1-2H3. The van der Waals surface area contributed by atoms with Crippen LogP contribution >= 0.6 is 0 Å². The predicted molar refractivity (Wildman–Crippen MR) is 83.6 cm³/mol. The molecule has 0 saturated heterocycles. The zero-order valence-corrected chi connectivity index (χ0v) is 13.2. The average molecular weight is 266 g/mol. The van der Waals surface area contributed by atoms with Gasteiger partial charge in [-0.3, -0.25) is 4.90 Å². The molecule has 0 aromatic carbocycles. The van der Waals surface area contributed by atoms with Crippen LogP contribution in [0.5, 0.6) is 0 Å². The minimum atomic E-state index is 0.737. The van der Waals surface area contributed by atoms with E-state index in [1.165, 1.54) is 70.6 Å². The van der Waals surface area contributed by atoms with Crippen molar-refractivity contribution < 1.29 is 0 Å². The Morgan fingerprint density at radius 1 is 0.842 bits per heavy atom. The van der Waals surface area contributed by atoms with Crippen LogP contribution in [0.2, 0.25) is 0 Å². The first-order valence-electron chi connectivity index (χ1n) is 8.78. The highest BCUT2D eigenvalue weighted by molar-refractivity contribution is 4.88. The fourth-order valence-electron chi connectivity index (χ4n) is 4.21. The molecule has 0 aliphatic heterocycles. The molecule has 0 aromatic rings. The molecule has 19 heavy (non-hydrogen) atoms. The van der Waals surface area contributed by atoms with Crippen molar-refractivity contribution in [2.75, 3.05) is 13.6 Å². The van der Waals surface area contributed by atoms with Crippen molar-refractivity contribution in [3.8, 4) is 0 Å². The van der Waals surface area contributed by atoms with Crippen molar-refractivity contribution >= 4 is 0 Å². The van der Waals surface area contributed by atoms with E-state index in [1.54, 1.807) is 0 Å². The van der Waals surface area contributed by atoms with Crippen LogP contribution in [-0.4, -0.2) is 36.6 Å². The molecule has 112 valence electrons. The predicted octanol–water partition coefficient (Wildman–Crippen LogP) is 3.95.